The van der Waals surface area contributed by atoms with Crippen molar-refractivity contribution in [1.29, 1.82) is 0 Å². The predicted molar refractivity (Wildman–Crippen MR) is 68.2 cm³/mol. The summed E-state index contributed by atoms with van der Waals surface area (Å²) in [7, 11) is 0. The number of benzene rings is 2. The topological polar surface area (TPSA) is 37.3 Å². The van der Waals surface area contributed by atoms with E-state index in [-0.39, 0.29) is 6.42 Å². The monoisotopic (exact) mass is 246 g/mol. The molecule has 2 rings (SSSR count). The van der Waals surface area contributed by atoms with E-state index in [1.807, 2.05) is 48.5 Å². The molecule has 0 aliphatic rings. The Balaban J connectivity index is 2.23. The first-order valence-corrected chi connectivity index (χ1v) is 5.59. The highest BCUT2D eigenvalue weighted by molar-refractivity contribution is 6.30. The molecule has 0 bridgehead atoms. The minimum atomic E-state index is -0.816. The Kier molecular flexibility index (Phi) is 3.45. The van der Waals surface area contributed by atoms with Crippen LogP contribution in [-0.4, -0.2) is 11.1 Å². The van der Waals surface area contributed by atoms with Crippen LogP contribution in [-0.2, 0) is 11.2 Å². The van der Waals surface area contributed by atoms with E-state index in [1.165, 1.54) is 0 Å². The van der Waals surface area contributed by atoms with E-state index in [0.717, 1.165) is 16.7 Å². The van der Waals surface area contributed by atoms with Crippen molar-refractivity contribution >= 4 is 17.6 Å². The van der Waals surface area contributed by atoms with E-state index in [0.29, 0.717) is 5.02 Å². The SMILES string of the molecule is O=C(O)Cc1ccc(-c2ccc(Cl)cc2)cc1. The molecule has 0 radical (unpaired) electrons. The lowest BCUT2D eigenvalue weighted by molar-refractivity contribution is -0.136. The van der Waals surface area contributed by atoms with Gasteiger partial charge in [-0.25, -0.2) is 0 Å². The molecule has 0 aliphatic carbocycles. The summed E-state index contributed by atoms with van der Waals surface area (Å²) in [6.45, 7) is 0. The van der Waals surface area contributed by atoms with Gasteiger partial charge in [0.15, 0.2) is 0 Å². The first-order valence-electron chi connectivity index (χ1n) is 5.22. The quantitative estimate of drug-likeness (QED) is 0.898. The lowest BCUT2D eigenvalue weighted by Crippen LogP contribution is -1.99. The standard InChI is InChI=1S/C14H11ClO2/c15-13-7-5-12(6-8-13)11-3-1-10(2-4-11)9-14(16)17/h1-8H,9H2,(H,16,17). The van der Waals surface area contributed by atoms with Crippen LogP contribution in [0.5, 0.6) is 0 Å². The molecule has 3 heteroatoms. The zero-order chi connectivity index (χ0) is 12.3. The van der Waals surface area contributed by atoms with E-state index in [2.05, 4.69) is 0 Å². The number of hydrogen-bond acceptors (Lipinski definition) is 1. The second-order valence-electron chi connectivity index (χ2n) is 3.77. The summed E-state index contributed by atoms with van der Waals surface area (Å²) in [6.07, 6.45) is 0.0564. The van der Waals surface area contributed by atoms with Crippen LogP contribution in [0.2, 0.25) is 5.02 Å². The number of halogens is 1. The Morgan fingerprint density at radius 3 is 1.88 bits per heavy atom. The van der Waals surface area contributed by atoms with Gasteiger partial charge in [0.25, 0.3) is 0 Å². The lowest BCUT2D eigenvalue weighted by atomic mass is 10.0. The van der Waals surface area contributed by atoms with Crippen LogP contribution in [0.3, 0.4) is 0 Å². The molecule has 0 fully saturated rings. The molecule has 0 spiro atoms. The molecule has 0 saturated heterocycles. The van der Waals surface area contributed by atoms with Crippen molar-refractivity contribution in [1.82, 2.24) is 0 Å². The van der Waals surface area contributed by atoms with Gasteiger partial charge in [0.2, 0.25) is 0 Å². The van der Waals surface area contributed by atoms with Crippen molar-refractivity contribution in [3.8, 4) is 11.1 Å². The minimum absolute atomic E-state index is 0.0564. The van der Waals surface area contributed by atoms with Crippen LogP contribution in [0, 0.1) is 0 Å². The summed E-state index contributed by atoms with van der Waals surface area (Å²) < 4.78 is 0. The molecule has 2 aromatic carbocycles. The molecule has 0 heterocycles. The van der Waals surface area contributed by atoms with E-state index in [4.69, 9.17) is 16.7 Å². The Bertz CT molecular complexity index is 515. The zero-order valence-electron chi connectivity index (χ0n) is 9.06. The average molecular weight is 247 g/mol. The van der Waals surface area contributed by atoms with E-state index in [9.17, 15) is 4.79 Å². The van der Waals surface area contributed by atoms with Gasteiger partial charge in [-0.2, -0.15) is 0 Å². The number of carbonyl (C=O) groups is 1. The Labute approximate surface area is 104 Å². The summed E-state index contributed by atoms with van der Waals surface area (Å²) in [6, 6.07) is 15.0. The van der Waals surface area contributed by atoms with Crippen molar-refractivity contribution in [2.24, 2.45) is 0 Å². The third-order valence-electron chi connectivity index (χ3n) is 2.49. The van der Waals surface area contributed by atoms with Gasteiger partial charge in [0.1, 0.15) is 0 Å². The van der Waals surface area contributed by atoms with Crippen molar-refractivity contribution in [3.63, 3.8) is 0 Å². The number of hydrogen-bond donors (Lipinski definition) is 1. The van der Waals surface area contributed by atoms with Gasteiger partial charge in [-0.1, -0.05) is 48.0 Å². The van der Waals surface area contributed by atoms with Crippen molar-refractivity contribution in [2.45, 2.75) is 6.42 Å². The van der Waals surface area contributed by atoms with Crippen LogP contribution in [0.25, 0.3) is 11.1 Å². The molecule has 0 saturated carbocycles. The highest BCUT2D eigenvalue weighted by Crippen LogP contribution is 2.21. The molecular formula is C14H11ClO2. The highest BCUT2D eigenvalue weighted by atomic mass is 35.5. The minimum Gasteiger partial charge on any atom is -0.481 e. The molecule has 0 atom stereocenters. The summed E-state index contributed by atoms with van der Waals surface area (Å²) in [5.74, 6) is -0.816. The van der Waals surface area contributed by atoms with E-state index in [1.54, 1.807) is 0 Å². The number of rotatable bonds is 3. The van der Waals surface area contributed by atoms with Gasteiger partial charge < -0.3 is 5.11 Å². The number of carboxylic acid groups (broad SMARTS) is 1. The van der Waals surface area contributed by atoms with Gasteiger partial charge in [-0.05, 0) is 28.8 Å². The molecule has 0 aromatic heterocycles. The fourth-order valence-corrected chi connectivity index (χ4v) is 1.76. The summed E-state index contributed by atoms with van der Waals surface area (Å²) in [5, 5.41) is 9.37. The Hall–Kier alpha value is -1.80. The third kappa shape index (κ3) is 3.08. The van der Waals surface area contributed by atoms with Gasteiger partial charge in [0.05, 0.1) is 6.42 Å². The average Bonchev–Trinajstić information content (AvgIpc) is 2.30. The zero-order valence-corrected chi connectivity index (χ0v) is 9.82. The van der Waals surface area contributed by atoms with Crippen LogP contribution >= 0.6 is 11.6 Å². The van der Waals surface area contributed by atoms with Gasteiger partial charge in [0, 0.05) is 5.02 Å². The van der Waals surface area contributed by atoms with Gasteiger partial charge in [-0.3, -0.25) is 4.79 Å². The molecule has 1 N–H and O–H groups in total. The van der Waals surface area contributed by atoms with Gasteiger partial charge >= 0.3 is 5.97 Å². The summed E-state index contributed by atoms with van der Waals surface area (Å²) >= 11 is 5.82. The fraction of sp³-hybridized carbons (Fsp3) is 0.0714. The van der Waals surface area contributed by atoms with Crippen molar-refractivity contribution < 1.29 is 9.90 Å². The third-order valence-corrected chi connectivity index (χ3v) is 2.74. The molecule has 0 amide bonds. The van der Waals surface area contributed by atoms with Crippen LogP contribution in [0.4, 0.5) is 0 Å². The predicted octanol–water partition coefficient (Wildman–Crippen LogP) is 3.63. The maximum absolute atomic E-state index is 10.5. The molecule has 2 nitrogen and oxygen atoms in total. The van der Waals surface area contributed by atoms with Crippen LogP contribution in [0.15, 0.2) is 48.5 Å². The molecule has 0 aliphatic heterocycles. The maximum atomic E-state index is 10.5. The van der Waals surface area contributed by atoms with Gasteiger partial charge in [-0.15, -0.1) is 0 Å². The summed E-state index contributed by atoms with van der Waals surface area (Å²) in [5.41, 5.74) is 2.92. The molecule has 2 aromatic rings. The van der Waals surface area contributed by atoms with Crippen LogP contribution < -0.4 is 0 Å². The second kappa shape index (κ2) is 5.02. The summed E-state index contributed by atoms with van der Waals surface area (Å²) in [4.78, 5) is 10.5. The lowest BCUT2D eigenvalue weighted by Gasteiger charge is -2.03. The molecule has 86 valence electrons. The van der Waals surface area contributed by atoms with Crippen molar-refractivity contribution in [2.75, 3.05) is 0 Å². The smallest absolute Gasteiger partial charge is 0.307 e. The first kappa shape index (κ1) is 11.7. The maximum Gasteiger partial charge on any atom is 0.307 e. The molecule has 0 unspecified atom stereocenters. The van der Waals surface area contributed by atoms with E-state index >= 15 is 0 Å². The largest absolute Gasteiger partial charge is 0.481 e. The van der Waals surface area contributed by atoms with E-state index < -0.39 is 5.97 Å². The Morgan fingerprint density at radius 2 is 1.41 bits per heavy atom. The fourth-order valence-electron chi connectivity index (χ4n) is 1.63. The second-order valence-corrected chi connectivity index (χ2v) is 4.21. The normalized spacial score (nSPS) is 10.2. The number of carboxylic acids is 1. The Morgan fingerprint density at radius 1 is 0.941 bits per heavy atom. The first-order chi connectivity index (χ1) is 8.15. The number of aliphatic carboxylic acids is 1. The molecule has 17 heavy (non-hydrogen) atoms. The highest BCUT2D eigenvalue weighted by Gasteiger charge is 2.01. The van der Waals surface area contributed by atoms with Crippen molar-refractivity contribution in [3.05, 3.63) is 59.1 Å². The van der Waals surface area contributed by atoms with Crippen LogP contribution in [0.1, 0.15) is 5.56 Å². The molecular weight excluding hydrogens is 236 g/mol.